The van der Waals surface area contributed by atoms with E-state index in [1.807, 2.05) is 24.3 Å². The Morgan fingerprint density at radius 3 is 2.38 bits per heavy atom. The summed E-state index contributed by atoms with van der Waals surface area (Å²) in [6.07, 6.45) is 17.1. The normalized spacial score (nSPS) is 28.9. The van der Waals surface area contributed by atoms with Crippen molar-refractivity contribution >= 4 is 17.6 Å². The fraction of sp³-hybridized carbons (Fsp3) is 0.645. The second-order valence-corrected chi connectivity index (χ2v) is 12.7. The summed E-state index contributed by atoms with van der Waals surface area (Å²) in [4.78, 5) is 33.1. The molecular formula is C31H41N3O3. The topological polar surface area (TPSA) is 95.1 Å². The van der Waals surface area contributed by atoms with Gasteiger partial charge >= 0.3 is 5.97 Å². The highest BCUT2D eigenvalue weighted by Gasteiger charge is 2.50. The van der Waals surface area contributed by atoms with Crippen LogP contribution in [-0.4, -0.2) is 27.0 Å². The number of hydrogen-bond acceptors (Lipinski definition) is 3. The summed E-state index contributed by atoms with van der Waals surface area (Å²) in [5, 5.41) is 12.1. The van der Waals surface area contributed by atoms with E-state index in [0.29, 0.717) is 29.1 Å². The molecule has 6 heteroatoms. The second kappa shape index (κ2) is 10.3. The zero-order valence-corrected chi connectivity index (χ0v) is 21.9. The van der Waals surface area contributed by atoms with Crippen LogP contribution in [0.2, 0.25) is 0 Å². The molecule has 37 heavy (non-hydrogen) atoms. The van der Waals surface area contributed by atoms with Crippen LogP contribution in [0.5, 0.6) is 0 Å². The molecule has 4 bridgehead atoms. The molecule has 0 saturated heterocycles. The van der Waals surface area contributed by atoms with E-state index in [2.05, 4.69) is 10.3 Å². The minimum absolute atomic E-state index is 0.0793. The number of carboxylic acids is 1. The summed E-state index contributed by atoms with van der Waals surface area (Å²) in [6.45, 7) is 0. The van der Waals surface area contributed by atoms with E-state index in [4.69, 9.17) is 10.1 Å². The third-order valence-corrected chi connectivity index (χ3v) is 9.89. The summed E-state index contributed by atoms with van der Waals surface area (Å²) < 4.78 is 0. The fourth-order valence-electron chi connectivity index (χ4n) is 8.60. The Hall–Kier alpha value is -2.63. The van der Waals surface area contributed by atoms with Crippen LogP contribution in [0.15, 0.2) is 24.3 Å². The summed E-state index contributed by atoms with van der Waals surface area (Å²) >= 11 is 0. The molecule has 5 saturated carbocycles. The van der Waals surface area contributed by atoms with Gasteiger partial charge in [-0.05, 0) is 111 Å². The van der Waals surface area contributed by atoms with Gasteiger partial charge in [0, 0.05) is 23.7 Å². The fourth-order valence-corrected chi connectivity index (χ4v) is 8.60. The Labute approximate surface area is 220 Å². The number of imidazole rings is 1. The van der Waals surface area contributed by atoms with Gasteiger partial charge in [0.15, 0.2) is 0 Å². The predicted molar refractivity (Wildman–Crippen MR) is 144 cm³/mol. The van der Waals surface area contributed by atoms with Crippen molar-refractivity contribution in [2.75, 3.05) is 5.32 Å². The van der Waals surface area contributed by atoms with Crippen LogP contribution >= 0.6 is 0 Å². The van der Waals surface area contributed by atoms with Crippen molar-refractivity contribution in [2.24, 2.45) is 23.2 Å². The molecule has 5 fully saturated rings. The Morgan fingerprint density at radius 1 is 1.00 bits per heavy atom. The monoisotopic (exact) mass is 503 g/mol. The molecule has 3 N–H and O–H groups in total. The maximum absolute atomic E-state index is 13.5. The first-order valence-electron chi connectivity index (χ1n) is 14.7. The zero-order chi connectivity index (χ0) is 25.4. The number of nitrogens with one attached hydrogen (secondary N) is 2. The molecule has 1 heterocycles. The summed E-state index contributed by atoms with van der Waals surface area (Å²) in [7, 11) is 0. The van der Waals surface area contributed by atoms with E-state index >= 15 is 0 Å². The number of carbonyl (C=O) groups is 2. The van der Waals surface area contributed by atoms with Crippen molar-refractivity contribution in [3.63, 3.8) is 0 Å². The van der Waals surface area contributed by atoms with Crippen molar-refractivity contribution in [1.29, 1.82) is 0 Å². The molecule has 198 valence electrons. The van der Waals surface area contributed by atoms with Crippen molar-refractivity contribution < 1.29 is 14.7 Å². The number of aryl methyl sites for hydroxylation is 2. The first-order valence-corrected chi connectivity index (χ1v) is 14.7. The molecule has 5 aliphatic rings. The molecule has 0 aliphatic heterocycles. The van der Waals surface area contributed by atoms with Crippen LogP contribution < -0.4 is 5.32 Å². The molecule has 6 nitrogen and oxygen atoms in total. The minimum atomic E-state index is -0.815. The smallest absolute Gasteiger partial charge is 0.303 e. The number of benzene rings is 1. The van der Waals surface area contributed by atoms with Crippen molar-refractivity contribution in [2.45, 2.75) is 102 Å². The van der Waals surface area contributed by atoms with E-state index in [-0.39, 0.29) is 12.3 Å². The first kappa shape index (κ1) is 24.7. The van der Waals surface area contributed by atoms with Gasteiger partial charge in [-0.2, -0.15) is 0 Å². The van der Waals surface area contributed by atoms with E-state index in [1.54, 1.807) is 0 Å². The largest absolute Gasteiger partial charge is 0.481 e. The predicted octanol–water partition coefficient (Wildman–Crippen LogP) is 6.88. The molecular weight excluding hydrogens is 462 g/mol. The lowest BCUT2D eigenvalue weighted by molar-refractivity contribution is -0.136. The van der Waals surface area contributed by atoms with Crippen LogP contribution in [0, 0.1) is 23.2 Å². The van der Waals surface area contributed by atoms with Gasteiger partial charge in [0.1, 0.15) is 11.5 Å². The van der Waals surface area contributed by atoms with Crippen LogP contribution in [-0.2, 0) is 17.6 Å². The Morgan fingerprint density at radius 2 is 1.70 bits per heavy atom. The molecule has 0 atom stereocenters. The van der Waals surface area contributed by atoms with Crippen LogP contribution in [0.4, 0.5) is 5.69 Å². The highest BCUT2D eigenvalue weighted by atomic mass is 16.4. The number of aromatic amines is 1. The third kappa shape index (κ3) is 5.49. The molecule has 1 aromatic heterocycles. The van der Waals surface area contributed by atoms with Gasteiger partial charge in [-0.1, -0.05) is 31.4 Å². The van der Waals surface area contributed by atoms with E-state index in [1.165, 1.54) is 57.8 Å². The van der Waals surface area contributed by atoms with Gasteiger partial charge < -0.3 is 15.4 Å². The molecule has 2 aromatic rings. The molecule has 1 amide bonds. The minimum Gasteiger partial charge on any atom is -0.481 e. The molecule has 5 aliphatic carbocycles. The number of carbonyl (C=O) groups excluding carboxylic acids is 1. The Kier molecular flexibility index (Phi) is 6.85. The number of nitrogens with zero attached hydrogens (tertiary/aromatic N) is 1. The number of anilines is 1. The summed E-state index contributed by atoms with van der Waals surface area (Å²) in [6, 6.07) is 7.53. The molecule has 7 rings (SSSR count). The Balaban J connectivity index is 1.20. The van der Waals surface area contributed by atoms with Crippen LogP contribution in [0.1, 0.15) is 117 Å². The van der Waals surface area contributed by atoms with Crippen LogP contribution in [0.3, 0.4) is 0 Å². The third-order valence-electron chi connectivity index (χ3n) is 9.89. The van der Waals surface area contributed by atoms with E-state index < -0.39 is 5.97 Å². The SMILES string of the molecule is O=C(O)CCc1cccc(NC(=O)c2nc(C3CCCCC3)[nH]c2CCC23CC4CC(CC(C4)C2)C3)c1. The lowest BCUT2D eigenvalue weighted by Crippen LogP contribution is -2.46. The summed E-state index contributed by atoms with van der Waals surface area (Å²) in [5.74, 6) is 3.25. The number of rotatable bonds is 9. The van der Waals surface area contributed by atoms with Gasteiger partial charge in [-0.25, -0.2) is 4.98 Å². The quantitative estimate of drug-likeness (QED) is 0.348. The zero-order valence-electron chi connectivity index (χ0n) is 21.9. The molecule has 0 spiro atoms. The van der Waals surface area contributed by atoms with E-state index in [0.717, 1.165) is 60.5 Å². The molecule has 1 aromatic carbocycles. The van der Waals surface area contributed by atoms with Gasteiger partial charge in [0.05, 0.1) is 0 Å². The van der Waals surface area contributed by atoms with Crippen molar-refractivity contribution in [1.82, 2.24) is 9.97 Å². The number of aromatic nitrogens is 2. The number of H-pyrrole nitrogens is 1. The second-order valence-electron chi connectivity index (χ2n) is 12.7. The van der Waals surface area contributed by atoms with Gasteiger partial charge in [0.25, 0.3) is 5.91 Å². The average molecular weight is 504 g/mol. The lowest BCUT2D eigenvalue weighted by atomic mass is 9.48. The number of carboxylic acid groups (broad SMARTS) is 1. The average Bonchev–Trinajstić information content (AvgIpc) is 3.31. The van der Waals surface area contributed by atoms with Gasteiger partial charge in [-0.15, -0.1) is 0 Å². The molecule has 0 radical (unpaired) electrons. The highest BCUT2D eigenvalue weighted by Crippen LogP contribution is 2.61. The highest BCUT2D eigenvalue weighted by molar-refractivity contribution is 6.03. The maximum atomic E-state index is 13.5. The molecule has 0 unspecified atom stereocenters. The number of aliphatic carboxylic acids is 1. The lowest BCUT2D eigenvalue weighted by Gasteiger charge is -2.57. The van der Waals surface area contributed by atoms with E-state index in [9.17, 15) is 9.59 Å². The van der Waals surface area contributed by atoms with Crippen LogP contribution in [0.25, 0.3) is 0 Å². The van der Waals surface area contributed by atoms with Crippen molar-refractivity contribution in [3.8, 4) is 0 Å². The summed E-state index contributed by atoms with van der Waals surface area (Å²) in [5.41, 5.74) is 3.64. The Bertz CT molecular complexity index is 1110. The van der Waals surface area contributed by atoms with Crippen molar-refractivity contribution in [3.05, 3.63) is 47.0 Å². The first-order chi connectivity index (χ1) is 17.9. The maximum Gasteiger partial charge on any atom is 0.303 e. The number of hydrogen-bond donors (Lipinski definition) is 3. The van der Waals surface area contributed by atoms with Gasteiger partial charge in [0.2, 0.25) is 0 Å². The number of amides is 1. The van der Waals surface area contributed by atoms with Gasteiger partial charge in [-0.3, -0.25) is 9.59 Å². The standard InChI is InChI=1S/C31H41N3O3/c35-27(36)10-9-20-5-4-8-25(16-20)32-30(37)28-26(33-29(34-28)24-6-2-1-3-7-24)11-12-31-17-21-13-22(18-31)15-23(14-21)19-31/h4-5,8,16,21-24H,1-3,6-7,9-15,17-19H2,(H,32,37)(H,33,34)(H,35,36).